The molecule has 4 rings (SSSR count). The smallest absolute Gasteiger partial charge is 0 e. The van der Waals surface area contributed by atoms with Gasteiger partial charge in [-0.25, -0.2) is 0 Å². The molecule has 0 aliphatic carbocycles. The zero-order valence-corrected chi connectivity index (χ0v) is 35.9. The van der Waals surface area contributed by atoms with Gasteiger partial charge < -0.3 is 25.7 Å². The Morgan fingerprint density at radius 1 is 0.684 bits per heavy atom. The molecule has 3 aromatic rings. The Balaban J connectivity index is 0. The predicted molar refractivity (Wildman–Crippen MR) is 158 cm³/mol. The van der Waals surface area contributed by atoms with E-state index in [9.17, 15) is 0 Å². The second-order valence-electron chi connectivity index (χ2n) is 8.44. The molecule has 3 radical (unpaired) electrons. The van der Waals surface area contributed by atoms with E-state index in [2.05, 4.69) is 111 Å². The standard InChI is InChI=1S/C21H25N2.C7H6.CH4P.2ClH.Ru.3Y/c1-14-9-16(3)20(17(4)10-14)22-7-8-23(13-22)21-18(5)11-15(2)12-19(21)6;1-7-5-3-2-4-6-7;1-2;;;;;;/h7-13H,1-6H3;1-6H;1-2H2;2*1H;;;;/q-1;;-1;;;+2;;;/p-2. The van der Waals surface area contributed by atoms with Crippen LogP contribution in [0.15, 0.2) is 67.0 Å². The predicted octanol–water partition coefficient (Wildman–Crippen LogP) is 8.86. The van der Waals surface area contributed by atoms with Crippen LogP contribution in [-0.2, 0) is 112 Å². The maximum Gasteiger partial charge on any atom is 0 e. The fourth-order valence-electron chi connectivity index (χ4n) is 4.39. The van der Waals surface area contributed by atoms with E-state index in [1.54, 1.807) is 0 Å². The first-order valence-corrected chi connectivity index (χ1v) is 17.5. The Bertz CT molecular complexity index is 1090. The average molecular weight is 881 g/mol. The summed E-state index contributed by atoms with van der Waals surface area (Å²) < 4.78 is 1.92. The number of rotatable bonds is 3. The van der Waals surface area contributed by atoms with Gasteiger partial charge in [-0.1, -0.05) is 35.4 Å². The van der Waals surface area contributed by atoms with Crippen molar-refractivity contribution in [3.63, 3.8) is 0 Å². The van der Waals surface area contributed by atoms with Crippen molar-refractivity contribution in [1.82, 2.24) is 0 Å². The molecule has 1 aliphatic rings. The molecule has 0 N–H and O–H groups in total. The van der Waals surface area contributed by atoms with E-state index in [0.717, 1.165) is 5.56 Å². The van der Waals surface area contributed by atoms with Crippen LogP contribution in [0.25, 0.3) is 0 Å². The van der Waals surface area contributed by atoms with Gasteiger partial charge in [0.25, 0.3) is 0 Å². The monoisotopic (exact) mass is 881 g/mol. The van der Waals surface area contributed by atoms with Gasteiger partial charge in [-0.2, -0.15) is 0 Å². The van der Waals surface area contributed by atoms with Crippen LogP contribution in [0.5, 0.6) is 0 Å². The van der Waals surface area contributed by atoms with Crippen molar-refractivity contribution in [2.75, 3.05) is 9.80 Å². The van der Waals surface area contributed by atoms with Gasteiger partial charge in [0, 0.05) is 110 Å². The first-order chi connectivity index (χ1) is 16.7. The molecule has 0 saturated heterocycles. The molecule has 3 aromatic carbocycles. The Morgan fingerprint density at radius 2 is 1.03 bits per heavy atom. The van der Waals surface area contributed by atoms with Crippen molar-refractivity contribution in [2.24, 2.45) is 0 Å². The second kappa shape index (κ2) is 21.5. The molecule has 199 valence electrons. The molecule has 9 heteroatoms. The van der Waals surface area contributed by atoms with Crippen LogP contribution < -0.4 is 9.80 Å². The van der Waals surface area contributed by atoms with Gasteiger partial charge in [0.1, 0.15) is 0 Å². The normalized spacial score (nSPS) is 11.5. The molecule has 0 amide bonds. The van der Waals surface area contributed by atoms with Crippen molar-refractivity contribution in [3.8, 4) is 0 Å². The first kappa shape index (κ1) is 41.9. The molecular weight excluding hydrogens is 846 g/mol. The molecule has 0 spiro atoms. The summed E-state index contributed by atoms with van der Waals surface area (Å²) in [6.07, 6.45) is 4.28. The van der Waals surface area contributed by atoms with Crippen molar-refractivity contribution in [1.29, 1.82) is 0 Å². The number of hydrogen-bond acceptors (Lipinski definition) is 2. The number of halogens is 2. The van der Waals surface area contributed by atoms with Gasteiger partial charge >= 0.3 is 73.4 Å². The maximum atomic E-state index is 5.67. The third-order valence-electron chi connectivity index (χ3n) is 5.42. The van der Waals surface area contributed by atoms with E-state index in [-0.39, 0.29) is 98.1 Å². The van der Waals surface area contributed by atoms with Crippen molar-refractivity contribution in [2.45, 2.75) is 41.5 Å². The Hall–Kier alpha value is 1.82. The molecule has 0 bridgehead atoms. The molecule has 38 heavy (non-hydrogen) atoms. The van der Waals surface area contributed by atoms with E-state index in [4.69, 9.17) is 19.4 Å². The maximum absolute atomic E-state index is 5.67. The van der Waals surface area contributed by atoms with Gasteiger partial charge in [-0.15, -0.1) is 6.67 Å². The Kier molecular flexibility index (Phi) is 23.7. The SMILES string of the molecule is Cc1cc(C)c(N2C=CN(c3c(C)cc(C)cc3C)[CH-]2)c(C)c1.[CH2-]P.[Cl][Ru]([Cl])=[CH]c1ccccc1.[Y].[Y].[Y]. The fourth-order valence-corrected chi connectivity index (χ4v) is 6.22. The third kappa shape index (κ3) is 13.0. The molecular formula is C29H35Cl2N2PRuY3-2. The number of aryl methyl sites for hydroxylation is 6. The van der Waals surface area contributed by atoms with Crippen molar-refractivity contribution >= 4 is 44.6 Å². The molecule has 1 aliphatic heterocycles. The average Bonchev–Trinajstić information content (AvgIpc) is 3.23. The second-order valence-corrected chi connectivity index (χ2v) is 14.2. The van der Waals surface area contributed by atoms with Gasteiger partial charge in [0.2, 0.25) is 0 Å². The molecule has 2 nitrogen and oxygen atoms in total. The van der Waals surface area contributed by atoms with E-state index in [0.29, 0.717) is 0 Å². The fraction of sp³-hybridized carbons (Fsp3) is 0.207. The molecule has 0 saturated carbocycles. The number of anilines is 2. The van der Waals surface area contributed by atoms with E-state index >= 15 is 0 Å². The summed E-state index contributed by atoms with van der Waals surface area (Å²) in [5, 5.41) is 0. The van der Waals surface area contributed by atoms with Gasteiger partial charge in [0.15, 0.2) is 0 Å². The van der Waals surface area contributed by atoms with Crippen LogP contribution in [0.2, 0.25) is 0 Å². The van der Waals surface area contributed by atoms with Crippen LogP contribution >= 0.6 is 28.6 Å². The van der Waals surface area contributed by atoms with Crippen LogP contribution in [0.3, 0.4) is 0 Å². The van der Waals surface area contributed by atoms with Crippen molar-refractivity contribution < 1.29 is 112 Å². The summed E-state index contributed by atoms with van der Waals surface area (Å²) in [6.45, 7) is 18.4. The van der Waals surface area contributed by atoms with Crippen molar-refractivity contribution in [3.05, 3.63) is 119 Å². The molecule has 0 aromatic heterocycles. The minimum absolute atomic E-state index is 0. The van der Waals surface area contributed by atoms with Gasteiger partial charge in [-0.3, -0.25) is 0 Å². The van der Waals surface area contributed by atoms with Gasteiger partial charge in [0.05, 0.1) is 0 Å². The summed E-state index contributed by atoms with van der Waals surface area (Å²) in [5.74, 6) is 0. The summed E-state index contributed by atoms with van der Waals surface area (Å²) in [4.78, 5) is 4.45. The Labute approximate surface area is 321 Å². The van der Waals surface area contributed by atoms with Crippen LogP contribution in [0, 0.1) is 54.9 Å². The summed E-state index contributed by atoms with van der Waals surface area (Å²) in [5.41, 5.74) is 11.5. The third-order valence-corrected chi connectivity index (χ3v) is 7.29. The summed E-state index contributed by atoms with van der Waals surface area (Å²) in [7, 11) is 13.5. The first-order valence-electron chi connectivity index (χ1n) is 11.2. The Morgan fingerprint density at radius 3 is 1.34 bits per heavy atom. The largest absolute Gasteiger partial charge is 0 e. The molecule has 1 heterocycles. The molecule has 1 unspecified atom stereocenters. The minimum atomic E-state index is -1.61. The number of hydrogen-bond donors (Lipinski definition) is 0. The van der Waals surface area contributed by atoms with E-state index in [1.165, 1.54) is 44.8 Å². The van der Waals surface area contributed by atoms with Gasteiger partial charge in [-0.05, 0) is 76.2 Å². The zero-order valence-electron chi connectivity index (χ0n) is 23.0. The number of benzene rings is 3. The molecule has 0 fully saturated rings. The van der Waals surface area contributed by atoms with Crippen LogP contribution in [-0.4, -0.2) is 4.61 Å². The van der Waals surface area contributed by atoms with Crippen LogP contribution in [0.1, 0.15) is 38.9 Å². The van der Waals surface area contributed by atoms with E-state index < -0.39 is 13.5 Å². The van der Waals surface area contributed by atoms with Crippen LogP contribution in [0.4, 0.5) is 11.4 Å². The zero-order chi connectivity index (χ0) is 26.1. The molecule has 1 atom stereocenters. The summed E-state index contributed by atoms with van der Waals surface area (Å²) in [6, 6.07) is 18.9. The topological polar surface area (TPSA) is 6.48 Å². The minimum Gasteiger partial charge on any atom is 0 e. The summed E-state index contributed by atoms with van der Waals surface area (Å²) >= 11 is -1.61. The quantitative estimate of drug-likeness (QED) is 0.148. The van der Waals surface area contributed by atoms with E-state index in [1.807, 2.05) is 34.9 Å². The number of nitrogens with zero attached hydrogens (tertiary/aromatic N) is 2.